The Hall–Kier alpha value is -1.57. The molecule has 0 aliphatic heterocycles. The molecule has 0 amide bonds. The number of aliphatic hydroxyl groups excluding tert-OH is 1. The van der Waals surface area contributed by atoms with Gasteiger partial charge in [-0.3, -0.25) is 0 Å². The first kappa shape index (κ1) is 14.5. The van der Waals surface area contributed by atoms with E-state index < -0.39 is 11.9 Å². The molecule has 0 atom stereocenters. The lowest BCUT2D eigenvalue weighted by atomic mass is 10.3. The van der Waals surface area contributed by atoms with Crippen LogP contribution in [0.2, 0.25) is 0 Å². The van der Waals surface area contributed by atoms with Crippen LogP contribution in [-0.4, -0.2) is 34.3 Å². The van der Waals surface area contributed by atoms with Crippen molar-refractivity contribution in [3.63, 3.8) is 0 Å². The smallest absolute Gasteiger partial charge is 0.395 e. The molecule has 1 aromatic rings. The standard InChI is InChI=1S/C10H15F3N4O/c1-6(2)15-8-5-7(10(11,12)13)16-9(17-8)14-3-4-18/h5-6,18H,3-4H2,1-2H3,(H2,14,15,16,17). The molecule has 0 spiro atoms. The Kier molecular flexibility index (Phi) is 4.71. The van der Waals surface area contributed by atoms with Gasteiger partial charge in [-0.15, -0.1) is 0 Å². The fourth-order valence-corrected chi connectivity index (χ4v) is 1.21. The Morgan fingerprint density at radius 3 is 2.50 bits per heavy atom. The second-order valence-corrected chi connectivity index (χ2v) is 3.91. The van der Waals surface area contributed by atoms with Gasteiger partial charge in [0.2, 0.25) is 5.95 Å². The van der Waals surface area contributed by atoms with Gasteiger partial charge in [-0.2, -0.15) is 18.2 Å². The monoisotopic (exact) mass is 264 g/mol. The van der Waals surface area contributed by atoms with Crippen LogP contribution < -0.4 is 10.6 Å². The van der Waals surface area contributed by atoms with Crippen LogP contribution in [0.1, 0.15) is 19.5 Å². The van der Waals surface area contributed by atoms with Crippen molar-refractivity contribution in [3.05, 3.63) is 11.8 Å². The van der Waals surface area contributed by atoms with Crippen molar-refractivity contribution in [3.8, 4) is 0 Å². The van der Waals surface area contributed by atoms with Crippen LogP contribution in [0.5, 0.6) is 0 Å². The Bertz CT molecular complexity index is 395. The Labute approximate surface area is 102 Å². The second kappa shape index (κ2) is 5.85. The fraction of sp³-hybridized carbons (Fsp3) is 0.600. The summed E-state index contributed by atoms with van der Waals surface area (Å²) in [6.45, 7) is 3.45. The van der Waals surface area contributed by atoms with Gasteiger partial charge in [0.05, 0.1) is 6.61 Å². The third-order valence-corrected chi connectivity index (χ3v) is 1.85. The van der Waals surface area contributed by atoms with Crippen LogP contribution in [-0.2, 0) is 6.18 Å². The molecule has 0 radical (unpaired) electrons. The maximum Gasteiger partial charge on any atom is 0.433 e. The lowest BCUT2D eigenvalue weighted by Gasteiger charge is -2.14. The summed E-state index contributed by atoms with van der Waals surface area (Å²) in [4.78, 5) is 7.23. The van der Waals surface area contributed by atoms with Crippen LogP contribution in [0.15, 0.2) is 6.07 Å². The third-order valence-electron chi connectivity index (χ3n) is 1.85. The van der Waals surface area contributed by atoms with E-state index in [1.165, 1.54) is 0 Å². The van der Waals surface area contributed by atoms with E-state index in [0.717, 1.165) is 6.07 Å². The summed E-state index contributed by atoms with van der Waals surface area (Å²) in [5, 5.41) is 13.9. The van der Waals surface area contributed by atoms with E-state index in [4.69, 9.17) is 5.11 Å². The van der Waals surface area contributed by atoms with E-state index in [1.54, 1.807) is 13.8 Å². The highest BCUT2D eigenvalue weighted by Crippen LogP contribution is 2.29. The Balaban J connectivity index is 3.03. The molecule has 0 saturated carbocycles. The van der Waals surface area contributed by atoms with Gasteiger partial charge >= 0.3 is 6.18 Å². The summed E-state index contributed by atoms with van der Waals surface area (Å²) in [6, 6.07) is 0.802. The zero-order valence-electron chi connectivity index (χ0n) is 10.0. The molecule has 0 fully saturated rings. The molecule has 1 heterocycles. The molecule has 1 aromatic heterocycles. The van der Waals surface area contributed by atoms with Crippen LogP contribution >= 0.6 is 0 Å². The SMILES string of the molecule is CC(C)Nc1cc(C(F)(F)F)nc(NCCO)n1. The van der Waals surface area contributed by atoms with E-state index in [-0.39, 0.29) is 31.0 Å². The van der Waals surface area contributed by atoms with Crippen molar-refractivity contribution in [2.75, 3.05) is 23.8 Å². The van der Waals surface area contributed by atoms with Gasteiger partial charge in [-0.25, -0.2) is 4.98 Å². The quantitative estimate of drug-likeness (QED) is 0.755. The summed E-state index contributed by atoms with van der Waals surface area (Å²) in [6.07, 6.45) is -4.54. The van der Waals surface area contributed by atoms with E-state index in [0.29, 0.717) is 0 Å². The molecule has 3 N–H and O–H groups in total. The maximum atomic E-state index is 12.6. The first-order valence-electron chi connectivity index (χ1n) is 5.40. The van der Waals surface area contributed by atoms with Crippen molar-refractivity contribution in [1.29, 1.82) is 0 Å². The number of nitrogens with one attached hydrogen (secondary N) is 2. The van der Waals surface area contributed by atoms with Crippen molar-refractivity contribution >= 4 is 11.8 Å². The number of aromatic nitrogens is 2. The third kappa shape index (κ3) is 4.36. The largest absolute Gasteiger partial charge is 0.433 e. The van der Waals surface area contributed by atoms with Gasteiger partial charge in [0, 0.05) is 18.7 Å². The Morgan fingerprint density at radius 1 is 1.33 bits per heavy atom. The van der Waals surface area contributed by atoms with Crippen molar-refractivity contribution in [2.45, 2.75) is 26.1 Å². The molecule has 0 aliphatic rings. The molecule has 0 aliphatic carbocycles. The van der Waals surface area contributed by atoms with Gasteiger partial charge in [0.1, 0.15) is 5.82 Å². The molecule has 0 saturated heterocycles. The van der Waals surface area contributed by atoms with E-state index in [9.17, 15) is 13.2 Å². The molecular weight excluding hydrogens is 249 g/mol. The molecule has 0 unspecified atom stereocenters. The summed E-state index contributed by atoms with van der Waals surface area (Å²) < 4.78 is 37.8. The van der Waals surface area contributed by atoms with Crippen molar-refractivity contribution in [2.24, 2.45) is 0 Å². The predicted octanol–water partition coefficient (Wildman–Crippen LogP) is 1.72. The lowest BCUT2D eigenvalue weighted by Crippen LogP contribution is -2.17. The average molecular weight is 264 g/mol. The first-order chi connectivity index (χ1) is 8.32. The predicted molar refractivity (Wildman–Crippen MR) is 61.4 cm³/mol. The van der Waals surface area contributed by atoms with Gasteiger partial charge < -0.3 is 15.7 Å². The van der Waals surface area contributed by atoms with E-state index in [1.807, 2.05) is 0 Å². The number of hydrogen-bond donors (Lipinski definition) is 3. The zero-order valence-corrected chi connectivity index (χ0v) is 10.0. The summed E-state index contributed by atoms with van der Waals surface area (Å²) >= 11 is 0. The zero-order chi connectivity index (χ0) is 13.8. The van der Waals surface area contributed by atoms with Crippen molar-refractivity contribution in [1.82, 2.24) is 9.97 Å². The first-order valence-corrected chi connectivity index (χ1v) is 5.40. The minimum absolute atomic E-state index is 0.0494. The number of aliphatic hydroxyl groups is 1. The molecular formula is C10H15F3N4O. The minimum Gasteiger partial charge on any atom is -0.395 e. The van der Waals surface area contributed by atoms with Gasteiger partial charge in [0.15, 0.2) is 5.69 Å². The average Bonchev–Trinajstić information content (AvgIpc) is 2.24. The maximum absolute atomic E-state index is 12.6. The lowest BCUT2D eigenvalue weighted by molar-refractivity contribution is -0.141. The molecule has 102 valence electrons. The fourth-order valence-electron chi connectivity index (χ4n) is 1.21. The van der Waals surface area contributed by atoms with E-state index >= 15 is 0 Å². The Morgan fingerprint density at radius 2 is 2.00 bits per heavy atom. The summed E-state index contributed by atoms with van der Waals surface area (Å²) in [7, 11) is 0. The molecule has 8 heteroatoms. The molecule has 0 bridgehead atoms. The number of alkyl halides is 3. The second-order valence-electron chi connectivity index (χ2n) is 3.91. The van der Waals surface area contributed by atoms with E-state index in [2.05, 4.69) is 20.6 Å². The summed E-state index contributed by atoms with van der Waals surface area (Å²) in [5.41, 5.74) is -1.03. The van der Waals surface area contributed by atoms with Gasteiger partial charge in [-0.05, 0) is 13.8 Å². The molecule has 1 rings (SSSR count). The van der Waals surface area contributed by atoms with Crippen LogP contribution in [0.25, 0.3) is 0 Å². The highest BCUT2D eigenvalue weighted by Gasteiger charge is 2.33. The van der Waals surface area contributed by atoms with Crippen molar-refractivity contribution < 1.29 is 18.3 Å². The number of hydrogen-bond acceptors (Lipinski definition) is 5. The molecule has 0 aromatic carbocycles. The number of nitrogens with zero attached hydrogens (tertiary/aromatic N) is 2. The normalized spacial score (nSPS) is 11.7. The van der Waals surface area contributed by atoms with Gasteiger partial charge in [-0.1, -0.05) is 0 Å². The highest BCUT2D eigenvalue weighted by molar-refractivity contribution is 5.43. The summed E-state index contributed by atoms with van der Waals surface area (Å²) in [5.74, 6) is -0.0743. The minimum atomic E-state index is -4.54. The highest BCUT2D eigenvalue weighted by atomic mass is 19.4. The van der Waals surface area contributed by atoms with Crippen LogP contribution in [0.3, 0.4) is 0 Å². The van der Waals surface area contributed by atoms with Crippen LogP contribution in [0.4, 0.5) is 24.9 Å². The number of rotatable bonds is 5. The topological polar surface area (TPSA) is 70.1 Å². The number of halogens is 3. The molecule has 18 heavy (non-hydrogen) atoms. The molecule has 5 nitrogen and oxygen atoms in total. The van der Waals surface area contributed by atoms with Gasteiger partial charge in [0.25, 0.3) is 0 Å². The number of anilines is 2. The van der Waals surface area contributed by atoms with Crippen LogP contribution in [0, 0.1) is 0 Å².